The molecule has 3 amide bonds. The number of carbonyl (C=O) groups excluding carboxylic acids is 4. The zero-order chi connectivity index (χ0) is 80.0. The number of nitrogens with two attached hydrogens (primary N) is 1. The van der Waals surface area contributed by atoms with Gasteiger partial charge in [-0.1, -0.05) is 93.6 Å². The number of piperazine rings is 2. The second-order valence-corrected chi connectivity index (χ2v) is 30.4. The van der Waals surface area contributed by atoms with Gasteiger partial charge >= 0.3 is 6.09 Å². The van der Waals surface area contributed by atoms with Gasteiger partial charge in [-0.05, 0) is 187 Å². The van der Waals surface area contributed by atoms with Gasteiger partial charge in [-0.25, -0.2) is 28.2 Å². The van der Waals surface area contributed by atoms with Crippen molar-refractivity contribution in [1.82, 2.24) is 55.7 Å². The number of carbonyl (C=O) groups is 4. The van der Waals surface area contributed by atoms with Crippen LogP contribution in [-0.2, 0) is 74.7 Å². The quantitative estimate of drug-likeness (QED) is 0.0223. The Morgan fingerprint density at radius 1 is 0.696 bits per heavy atom. The molecule has 9 aromatic rings. The fourth-order valence-corrected chi connectivity index (χ4v) is 14.5. The number of anilines is 3. The van der Waals surface area contributed by atoms with E-state index in [-0.39, 0.29) is 35.6 Å². The lowest BCUT2D eigenvalue weighted by molar-refractivity contribution is 0.000403. The van der Waals surface area contributed by atoms with E-state index in [0.29, 0.717) is 118 Å². The summed E-state index contributed by atoms with van der Waals surface area (Å²) in [5.41, 5.74) is 23.7. The molecule has 596 valence electrons. The molecule has 6 heterocycles. The number of rotatable bonds is 27. The number of aryl methyl sites for hydroxylation is 3. The summed E-state index contributed by atoms with van der Waals surface area (Å²) < 4.78 is 42.6. The number of ether oxygens (including phenoxy) is 2. The van der Waals surface area contributed by atoms with Crippen molar-refractivity contribution in [2.75, 3.05) is 75.5 Å². The molecule has 9 N–H and O–H groups in total. The van der Waals surface area contributed by atoms with Crippen molar-refractivity contribution in [3.63, 3.8) is 0 Å². The minimum absolute atomic E-state index is 0.0531. The summed E-state index contributed by atoms with van der Waals surface area (Å²) in [6, 6.07) is 41.7. The van der Waals surface area contributed by atoms with Crippen molar-refractivity contribution < 1.29 is 37.4 Å². The van der Waals surface area contributed by atoms with E-state index in [2.05, 4.69) is 107 Å². The number of fused-ring (bicyclic) bond motifs is 1. The number of aldehydes is 1. The van der Waals surface area contributed by atoms with E-state index < -0.39 is 5.60 Å². The first-order chi connectivity index (χ1) is 54.0. The number of amides is 3. The lowest BCUT2D eigenvalue weighted by atomic mass is 10.00. The highest BCUT2D eigenvalue weighted by atomic mass is 19.1. The average Bonchev–Trinajstić information content (AvgIpc) is 1.57. The van der Waals surface area contributed by atoms with E-state index in [1.165, 1.54) is 11.6 Å². The van der Waals surface area contributed by atoms with Crippen LogP contribution >= 0.6 is 0 Å². The Balaban J connectivity index is 0.000000191. The van der Waals surface area contributed by atoms with E-state index in [0.717, 1.165) is 161 Å². The van der Waals surface area contributed by atoms with E-state index >= 15 is 0 Å². The fraction of sp³-hybridized carbons (Fsp3) is 0.427. The highest BCUT2D eigenvalue weighted by Crippen LogP contribution is 2.34. The zero-order valence-corrected chi connectivity index (χ0v) is 67.4. The number of hydrogen-bond acceptors (Lipinski definition) is 17. The molecule has 0 radical (unpaired) electrons. The number of nitrogens with zero attached hydrogens (tertiary/aromatic N) is 7. The first kappa shape index (κ1) is 84.4. The molecular weight excluding hydrogens is 1410 g/mol. The minimum Gasteiger partial charge on any atom is -0.444 e. The maximum atomic E-state index is 14.9. The molecule has 3 fully saturated rings. The van der Waals surface area contributed by atoms with Crippen LogP contribution in [-0.4, -0.2) is 148 Å². The van der Waals surface area contributed by atoms with Crippen LogP contribution in [0.5, 0.6) is 0 Å². The number of aromatic nitrogens is 4. The van der Waals surface area contributed by atoms with Gasteiger partial charge < -0.3 is 57.3 Å². The van der Waals surface area contributed by atoms with Crippen LogP contribution < -0.4 is 43.0 Å². The monoisotopic (exact) mass is 1530 g/mol. The van der Waals surface area contributed by atoms with Crippen LogP contribution in [0.25, 0.3) is 33.3 Å². The smallest absolute Gasteiger partial charge is 0.410 e. The maximum absolute atomic E-state index is 14.9. The molecule has 3 atom stereocenters. The molecule has 23 heteroatoms. The summed E-state index contributed by atoms with van der Waals surface area (Å²) in [6.45, 7) is 33.0. The molecule has 112 heavy (non-hydrogen) atoms. The van der Waals surface area contributed by atoms with Crippen molar-refractivity contribution in [2.24, 2.45) is 5.73 Å². The number of benzene rings is 6. The summed E-state index contributed by atoms with van der Waals surface area (Å²) in [4.78, 5) is 65.3. The van der Waals surface area contributed by atoms with Crippen molar-refractivity contribution in [3.05, 3.63) is 224 Å². The first-order valence-electron chi connectivity index (χ1n) is 39.7. The maximum Gasteiger partial charge on any atom is 0.410 e. The molecule has 3 aromatic heterocycles. The Kier molecular flexibility index (Phi) is 30.5. The van der Waals surface area contributed by atoms with Crippen LogP contribution in [0.2, 0.25) is 0 Å². The Hall–Kier alpha value is -10.0. The van der Waals surface area contributed by atoms with Gasteiger partial charge in [0.25, 0.3) is 11.8 Å². The van der Waals surface area contributed by atoms with Crippen LogP contribution in [0.3, 0.4) is 0 Å². The predicted molar refractivity (Wildman–Crippen MR) is 444 cm³/mol. The highest BCUT2D eigenvalue weighted by Gasteiger charge is 2.32. The Bertz CT molecular complexity index is 4670. The third kappa shape index (κ3) is 22.9. The van der Waals surface area contributed by atoms with E-state index in [1.807, 2.05) is 131 Å². The summed E-state index contributed by atoms with van der Waals surface area (Å²) in [5, 5.41) is 29.2. The molecule has 1 unspecified atom stereocenters. The second-order valence-electron chi connectivity index (χ2n) is 30.4. The normalized spacial score (nSPS) is 15.8. The minimum atomic E-state index is -0.552. The average molecular weight is 1530 g/mol. The van der Waals surface area contributed by atoms with Gasteiger partial charge in [0.2, 0.25) is 0 Å². The standard InChI is InChI=1S/C41H54FN7O.C32H36FN3O4.C16H25N5O/c1-7-27(3)47-39-29(5)40(43-6)48-38(8-2)36(39)24-44-22-30-11-10-14-34(20-30)41(50)46-23-31-12-9-13-32(19-31)33-15-16-37(42)35(21-33)26-49-18-17-45-28(4)25-49;1-22-19-35(13-14-36(22)31(39)40-32(2,3)4)20-28-17-26(11-12-29(28)33)25-9-5-7-23(15-25)18-34-30(38)27-10-6-8-24(16-27)21-37;1-3-14-12(9-17)15(19-11-5-7-22-8-6-11)13-10-18-21(4-2)16(13)20-14/h9-16,19-21,27-28,44-45H,7-8,17-18,22-26H2,1-6H3,(H,46,50)(H2,43,47,48);5-12,15-17,21-22H,13-14,18-20H2,1-4H3,(H,34,38);10-11H,3-9,17H2,1-2H3,(H,19,20)/t27?,28-;22-;/m00./s1. The van der Waals surface area contributed by atoms with Crippen molar-refractivity contribution in [1.29, 1.82) is 0 Å². The molecule has 3 aliphatic rings. The van der Waals surface area contributed by atoms with Gasteiger partial charge in [-0.15, -0.1) is 0 Å². The highest BCUT2D eigenvalue weighted by molar-refractivity contribution is 5.96. The van der Waals surface area contributed by atoms with Crippen LogP contribution in [0.1, 0.15) is 175 Å². The van der Waals surface area contributed by atoms with E-state index in [9.17, 15) is 28.0 Å². The van der Waals surface area contributed by atoms with Crippen molar-refractivity contribution in [3.8, 4) is 22.3 Å². The van der Waals surface area contributed by atoms with Crippen LogP contribution in [0.15, 0.2) is 140 Å². The van der Waals surface area contributed by atoms with Gasteiger partial charge in [-0.3, -0.25) is 24.2 Å². The van der Waals surface area contributed by atoms with Gasteiger partial charge in [0.05, 0.1) is 17.3 Å². The SMILES string of the molecule is CCc1nc(NC)c(C)c(NC(C)CC)c1CNCc1cccc(C(=O)NCc2cccc(-c3ccc(F)c(CN4CCN[C@@H](C)C4)c3)c2)c1.CCc1nc2c(cnn2CC)c(NC2CCOCC2)c1CN.C[C@H]1CN(Cc2cc(-c3cccc(CNC(=O)c4cccc(C=O)c4)c3)ccc2F)CCN1C(=O)OC(C)(C)C. The number of halogens is 2. The molecule has 0 saturated carbocycles. The third-order valence-corrected chi connectivity index (χ3v) is 20.8. The molecule has 12 rings (SSSR count). The summed E-state index contributed by atoms with van der Waals surface area (Å²) >= 11 is 0. The molecular formula is C89H115F2N15O6. The Morgan fingerprint density at radius 2 is 1.28 bits per heavy atom. The van der Waals surface area contributed by atoms with Gasteiger partial charge in [-0.2, -0.15) is 5.10 Å². The third-order valence-electron chi connectivity index (χ3n) is 20.8. The number of pyridine rings is 2. The van der Waals surface area contributed by atoms with Gasteiger partial charge in [0.15, 0.2) is 5.65 Å². The predicted octanol–water partition coefficient (Wildman–Crippen LogP) is 14.8. The van der Waals surface area contributed by atoms with Gasteiger partial charge in [0.1, 0.15) is 29.3 Å². The zero-order valence-electron chi connectivity index (χ0n) is 67.4. The summed E-state index contributed by atoms with van der Waals surface area (Å²) in [7, 11) is 1.92. The summed E-state index contributed by atoms with van der Waals surface area (Å²) in [6.07, 6.45) is 7.08. The summed E-state index contributed by atoms with van der Waals surface area (Å²) in [5.74, 6) is 0.0705. The largest absolute Gasteiger partial charge is 0.444 e. The van der Waals surface area contributed by atoms with E-state index in [4.69, 9.17) is 25.2 Å². The van der Waals surface area contributed by atoms with Gasteiger partial charge in [0, 0.05) is 198 Å². The molecule has 3 saturated heterocycles. The van der Waals surface area contributed by atoms with E-state index in [1.54, 1.807) is 41.3 Å². The Morgan fingerprint density at radius 3 is 1.84 bits per heavy atom. The number of hydrogen-bond donors (Lipinski definition) is 8. The van der Waals surface area contributed by atoms with Crippen LogP contribution in [0.4, 0.5) is 30.8 Å². The topological polar surface area (TPSA) is 250 Å². The van der Waals surface area contributed by atoms with Crippen LogP contribution in [0, 0.1) is 18.6 Å². The molecule has 0 aliphatic carbocycles. The van der Waals surface area contributed by atoms with Crippen molar-refractivity contribution >= 4 is 52.4 Å². The second kappa shape index (κ2) is 40.5. The molecule has 6 aromatic carbocycles. The lowest BCUT2D eigenvalue weighted by Crippen LogP contribution is -2.54. The number of nitrogens with one attached hydrogen (secondary N) is 7. The first-order valence-corrected chi connectivity index (χ1v) is 39.7. The molecule has 0 spiro atoms. The molecule has 3 aliphatic heterocycles. The fourth-order valence-electron chi connectivity index (χ4n) is 14.5. The molecule has 21 nitrogen and oxygen atoms in total. The molecule has 0 bridgehead atoms. The Labute approximate surface area is 660 Å². The van der Waals surface area contributed by atoms with Crippen molar-refractivity contribution in [2.45, 2.75) is 190 Å². The lowest BCUT2D eigenvalue weighted by Gasteiger charge is -2.40.